The van der Waals surface area contributed by atoms with Gasteiger partial charge in [-0.3, -0.25) is 0 Å². The molecular weight excluding hydrogens is 256 g/mol. The number of rotatable bonds is 3. The second-order valence-electron chi connectivity index (χ2n) is 6.68. The molecule has 1 aromatic rings. The van der Waals surface area contributed by atoms with Gasteiger partial charge in [0.1, 0.15) is 5.82 Å². The van der Waals surface area contributed by atoms with Crippen molar-refractivity contribution in [3.05, 3.63) is 23.9 Å². The normalized spacial score (nSPS) is 24.2. The molecule has 1 aliphatic carbocycles. The Morgan fingerprint density at radius 3 is 2.42 bits per heavy atom. The van der Waals surface area contributed by atoms with Crippen molar-refractivity contribution in [2.24, 2.45) is 5.92 Å². The maximum absolute atomic E-state index is 6.13. The van der Waals surface area contributed by atoms with Crippen molar-refractivity contribution < 1.29 is 0 Å². The first-order valence-electron chi connectivity index (χ1n) is 7.29. The first-order chi connectivity index (χ1) is 8.95. The Hall–Kier alpha value is -0.760. The molecule has 0 aromatic carbocycles. The number of aromatic nitrogens is 1. The summed E-state index contributed by atoms with van der Waals surface area (Å²) < 4.78 is 0. The van der Waals surface area contributed by atoms with Gasteiger partial charge in [0.05, 0.1) is 0 Å². The molecule has 3 heteroatoms. The van der Waals surface area contributed by atoms with Crippen LogP contribution in [0.15, 0.2) is 18.3 Å². The molecule has 1 saturated carbocycles. The molecule has 19 heavy (non-hydrogen) atoms. The van der Waals surface area contributed by atoms with Gasteiger partial charge in [-0.05, 0) is 48.6 Å². The summed E-state index contributed by atoms with van der Waals surface area (Å²) >= 11 is 6.13. The molecule has 0 unspecified atom stereocenters. The molecule has 106 valence electrons. The van der Waals surface area contributed by atoms with Gasteiger partial charge in [0.2, 0.25) is 0 Å². The average molecular weight is 281 g/mol. The van der Waals surface area contributed by atoms with E-state index >= 15 is 0 Å². The molecule has 1 N–H and O–H groups in total. The SMILES string of the molecule is CC(C)(C)c1ccc(NCC2CCC(Cl)CC2)nc1. The maximum atomic E-state index is 6.13. The Labute approximate surface area is 122 Å². The smallest absolute Gasteiger partial charge is 0.125 e. The summed E-state index contributed by atoms with van der Waals surface area (Å²) in [6.45, 7) is 7.65. The Balaban J connectivity index is 1.83. The Bertz CT molecular complexity index is 386. The van der Waals surface area contributed by atoms with E-state index in [2.05, 4.69) is 43.2 Å². The number of anilines is 1. The third-order valence-corrected chi connectivity index (χ3v) is 4.41. The van der Waals surface area contributed by atoms with E-state index in [1.807, 2.05) is 6.20 Å². The van der Waals surface area contributed by atoms with Gasteiger partial charge in [-0.2, -0.15) is 0 Å². The molecule has 1 aliphatic rings. The second-order valence-corrected chi connectivity index (χ2v) is 7.30. The van der Waals surface area contributed by atoms with Gasteiger partial charge in [0.25, 0.3) is 0 Å². The van der Waals surface area contributed by atoms with Crippen molar-refractivity contribution in [2.75, 3.05) is 11.9 Å². The summed E-state index contributed by atoms with van der Waals surface area (Å²) in [5, 5.41) is 3.86. The van der Waals surface area contributed by atoms with Gasteiger partial charge >= 0.3 is 0 Å². The van der Waals surface area contributed by atoms with Crippen LogP contribution in [0.3, 0.4) is 0 Å². The van der Waals surface area contributed by atoms with Crippen LogP contribution in [0.25, 0.3) is 0 Å². The van der Waals surface area contributed by atoms with Crippen molar-refractivity contribution in [1.82, 2.24) is 4.98 Å². The summed E-state index contributed by atoms with van der Waals surface area (Å²) in [6, 6.07) is 4.26. The number of pyridine rings is 1. The highest BCUT2D eigenvalue weighted by atomic mass is 35.5. The lowest BCUT2D eigenvalue weighted by Crippen LogP contribution is -2.21. The van der Waals surface area contributed by atoms with Gasteiger partial charge in [-0.25, -0.2) is 4.98 Å². The van der Waals surface area contributed by atoms with Crippen LogP contribution in [-0.2, 0) is 5.41 Å². The van der Waals surface area contributed by atoms with Gasteiger partial charge in [-0.15, -0.1) is 11.6 Å². The van der Waals surface area contributed by atoms with E-state index in [9.17, 15) is 0 Å². The van der Waals surface area contributed by atoms with Crippen LogP contribution in [0.2, 0.25) is 0 Å². The molecule has 0 spiro atoms. The summed E-state index contributed by atoms with van der Waals surface area (Å²) in [7, 11) is 0. The van der Waals surface area contributed by atoms with Crippen molar-refractivity contribution in [3.8, 4) is 0 Å². The van der Waals surface area contributed by atoms with E-state index in [0.29, 0.717) is 5.38 Å². The van der Waals surface area contributed by atoms with Gasteiger partial charge in [0, 0.05) is 18.1 Å². The molecular formula is C16H25ClN2. The minimum Gasteiger partial charge on any atom is -0.370 e. The molecule has 2 rings (SSSR count). The monoisotopic (exact) mass is 280 g/mol. The zero-order valence-electron chi connectivity index (χ0n) is 12.2. The van der Waals surface area contributed by atoms with Crippen LogP contribution in [0.4, 0.5) is 5.82 Å². The first kappa shape index (κ1) is 14.6. The molecule has 0 atom stereocenters. The third kappa shape index (κ3) is 4.38. The number of nitrogens with zero attached hydrogens (tertiary/aromatic N) is 1. The van der Waals surface area contributed by atoms with E-state index in [1.54, 1.807) is 0 Å². The van der Waals surface area contributed by atoms with E-state index in [-0.39, 0.29) is 5.41 Å². The summed E-state index contributed by atoms with van der Waals surface area (Å²) in [4.78, 5) is 4.51. The second kappa shape index (κ2) is 6.13. The summed E-state index contributed by atoms with van der Waals surface area (Å²) in [5.74, 6) is 1.74. The lowest BCUT2D eigenvalue weighted by molar-refractivity contribution is 0.377. The van der Waals surface area contributed by atoms with Crippen LogP contribution in [-0.4, -0.2) is 16.9 Å². The van der Waals surface area contributed by atoms with Crippen molar-refractivity contribution >= 4 is 17.4 Å². The van der Waals surface area contributed by atoms with Crippen LogP contribution >= 0.6 is 11.6 Å². The molecule has 0 amide bonds. The van der Waals surface area contributed by atoms with Gasteiger partial charge < -0.3 is 5.32 Å². The standard InChI is InChI=1S/C16H25ClN2/c1-16(2,3)13-6-9-15(19-11-13)18-10-12-4-7-14(17)8-5-12/h6,9,11-12,14H,4-5,7-8,10H2,1-3H3,(H,18,19). The number of nitrogens with one attached hydrogen (secondary N) is 1. The molecule has 1 heterocycles. The zero-order valence-corrected chi connectivity index (χ0v) is 13.0. The lowest BCUT2D eigenvalue weighted by atomic mass is 9.88. The van der Waals surface area contributed by atoms with E-state index in [4.69, 9.17) is 11.6 Å². The fourth-order valence-corrected chi connectivity index (χ4v) is 2.77. The van der Waals surface area contributed by atoms with Crippen molar-refractivity contribution in [3.63, 3.8) is 0 Å². The maximum Gasteiger partial charge on any atom is 0.125 e. The number of hydrogen-bond acceptors (Lipinski definition) is 2. The number of hydrogen-bond donors (Lipinski definition) is 1. The van der Waals surface area contributed by atoms with E-state index in [0.717, 1.165) is 31.1 Å². The van der Waals surface area contributed by atoms with Gasteiger partial charge in [-0.1, -0.05) is 26.8 Å². The highest BCUT2D eigenvalue weighted by Gasteiger charge is 2.19. The van der Waals surface area contributed by atoms with Crippen molar-refractivity contribution in [2.45, 2.75) is 57.2 Å². The van der Waals surface area contributed by atoms with Crippen LogP contribution in [0.5, 0.6) is 0 Å². The highest BCUT2D eigenvalue weighted by Crippen LogP contribution is 2.28. The number of halogens is 1. The summed E-state index contributed by atoms with van der Waals surface area (Å²) in [6.07, 6.45) is 6.77. The molecule has 0 saturated heterocycles. The predicted molar refractivity (Wildman–Crippen MR) is 83.0 cm³/mol. The van der Waals surface area contributed by atoms with E-state index < -0.39 is 0 Å². The Kier molecular flexibility index (Phi) is 4.72. The van der Waals surface area contributed by atoms with Crippen LogP contribution in [0, 0.1) is 5.92 Å². The molecule has 0 aliphatic heterocycles. The quantitative estimate of drug-likeness (QED) is 0.819. The first-order valence-corrected chi connectivity index (χ1v) is 7.73. The predicted octanol–water partition coefficient (Wildman–Crippen LogP) is 4.59. The average Bonchev–Trinajstić information content (AvgIpc) is 2.37. The minimum atomic E-state index is 0.171. The Morgan fingerprint density at radius 1 is 1.21 bits per heavy atom. The summed E-state index contributed by atoms with van der Waals surface area (Å²) in [5.41, 5.74) is 1.45. The van der Waals surface area contributed by atoms with Crippen LogP contribution in [0.1, 0.15) is 52.0 Å². The number of alkyl halides is 1. The van der Waals surface area contributed by atoms with Gasteiger partial charge in [0.15, 0.2) is 0 Å². The fourth-order valence-electron chi connectivity index (χ4n) is 2.52. The third-order valence-electron chi connectivity index (χ3n) is 3.98. The van der Waals surface area contributed by atoms with Crippen LogP contribution < -0.4 is 5.32 Å². The largest absolute Gasteiger partial charge is 0.370 e. The molecule has 1 aromatic heterocycles. The Morgan fingerprint density at radius 2 is 1.89 bits per heavy atom. The lowest BCUT2D eigenvalue weighted by Gasteiger charge is -2.25. The molecule has 0 bridgehead atoms. The molecule has 1 fully saturated rings. The fraction of sp³-hybridized carbons (Fsp3) is 0.688. The highest BCUT2D eigenvalue weighted by molar-refractivity contribution is 6.20. The van der Waals surface area contributed by atoms with Crippen molar-refractivity contribution in [1.29, 1.82) is 0 Å². The molecule has 2 nitrogen and oxygen atoms in total. The molecule has 0 radical (unpaired) electrons. The minimum absolute atomic E-state index is 0.171. The zero-order chi connectivity index (χ0) is 13.9. The topological polar surface area (TPSA) is 24.9 Å². The van der Waals surface area contributed by atoms with E-state index in [1.165, 1.54) is 18.4 Å².